The predicted molar refractivity (Wildman–Crippen MR) is 129 cm³/mol. The van der Waals surface area contributed by atoms with Gasteiger partial charge in [-0.3, -0.25) is 14.6 Å². The van der Waals surface area contributed by atoms with Crippen molar-refractivity contribution in [3.8, 4) is 11.4 Å². The van der Waals surface area contributed by atoms with Gasteiger partial charge in [-0.1, -0.05) is 6.07 Å². The third-order valence-electron chi connectivity index (χ3n) is 5.83. The predicted octanol–water partition coefficient (Wildman–Crippen LogP) is 3.64. The summed E-state index contributed by atoms with van der Waals surface area (Å²) in [5.41, 5.74) is 8.12. The highest BCUT2D eigenvalue weighted by molar-refractivity contribution is 6.04. The first-order valence-electron chi connectivity index (χ1n) is 10.8. The van der Waals surface area contributed by atoms with Gasteiger partial charge in [0.15, 0.2) is 17.3 Å². The van der Waals surface area contributed by atoms with Gasteiger partial charge in [0.2, 0.25) is 0 Å². The van der Waals surface area contributed by atoms with Crippen LogP contribution in [0.25, 0.3) is 33.3 Å². The van der Waals surface area contributed by atoms with Gasteiger partial charge in [-0.25, -0.2) is 13.8 Å². The van der Waals surface area contributed by atoms with Gasteiger partial charge in [0.25, 0.3) is 11.5 Å². The number of halogens is 2. The van der Waals surface area contributed by atoms with E-state index >= 15 is 0 Å². The van der Waals surface area contributed by atoms with Crippen LogP contribution in [0.1, 0.15) is 16.1 Å². The van der Waals surface area contributed by atoms with Gasteiger partial charge < -0.3 is 20.6 Å². The zero-order valence-corrected chi connectivity index (χ0v) is 18.6. The Kier molecular flexibility index (Phi) is 5.48. The molecule has 0 saturated carbocycles. The number of anilines is 1. The summed E-state index contributed by atoms with van der Waals surface area (Å²) in [5.74, 6) is -2.36. The molecule has 0 radical (unpaired) electrons. The third-order valence-corrected chi connectivity index (χ3v) is 5.83. The summed E-state index contributed by atoms with van der Waals surface area (Å²) >= 11 is 0. The van der Waals surface area contributed by atoms with Crippen molar-refractivity contribution in [2.75, 3.05) is 19.3 Å². The van der Waals surface area contributed by atoms with Gasteiger partial charge in [0.1, 0.15) is 0 Å². The minimum Gasteiger partial charge on any atom is -0.396 e. The lowest BCUT2D eigenvalue weighted by atomic mass is 10.1. The lowest BCUT2D eigenvalue weighted by molar-refractivity contribution is 0.0796. The van der Waals surface area contributed by atoms with Gasteiger partial charge in [0.05, 0.1) is 22.4 Å². The zero-order chi connectivity index (χ0) is 24.7. The maximum absolute atomic E-state index is 13.7. The fraction of sp³-hybridized carbons (Fsp3) is 0.120. The van der Waals surface area contributed by atoms with Crippen molar-refractivity contribution >= 4 is 33.5 Å². The van der Waals surface area contributed by atoms with Crippen molar-refractivity contribution in [3.63, 3.8) is 0 Å². The Bertz CT molecular complexity index is 1650. The number of pyridine rings is 1. The summed E-state index contributed by atoms with van der Waals surface area (Å²) in [6.45, 7) is 0.481. The molecule has 1 amide bonds. The molecule has 35 heavy (non-hydrogen) atoms. The van der Waals surface area contributed by atoms with E-state index in [0.717, 1.165) is 17.8 Å². The number of hydrogen-bond acceptors (Lipinski definition) is 5. The molecule has 0 atom stereocenters. The normalized spacial score (nSPS) is 11.3. The Morgan fingerprint density at radius 3 is 2.63 bits per heavy atom. The molecular formula is C25H20F2N6O2. The van der Waals surface area contributed by atoms with Gasteiger partial charge in [-0.15, -0.1) is 0 Å². The summed E-state index contributed by atoms with van der Waals surface area (Å²) < 4.78 is 27.2. The van der Waals surface area contributed by atoms with Crippen LogP contribution in [0.2, 0.25) is 0 Å². The smallest absolute Gasteiger partial charge is 0.276 e. The topological polar surface area (TPSA) is 121 Å². The number of nitrogens with one attached hydrogen (secondary N) is 2. The number of hydrogen-bond donors (Lipinski definition) is 3. The Morgan fingerprint density at radius 2 is 1.86 bits per heavy atom. The van der Waals surface area contributed by atoms with E-state index in [1.807, 2.05) is 18.2 Å². The van der Waals surface area contributed by atoms with E-state index in [1.54, 1.807) is 36.3 Å². The number of rotatable bonds is 5. The van der Waals surface area contributed by atoms with Crippen molar-refractivity contribution in [1.29, 1.82) is 0 Å². The monoisotopic (exact) mass is 474 g/mol. The van der Waals surface area contributed by atoms with Crippen molar-refractivity contribution in [3.05, 3.63) is 88.0 Å². The number of fused-ring (bicyclic) bond motifs is 2. The first-order chi connectivity index (χ1) is 16.8. The molecule has 0 aliphatic rings. The van der Waals surface area contributed by atoms with Crippen molar-refractivity contribution in [2.24, 2.45) is 0 Å². The van der Waals surface area contributed by atoms with Crippen LogP contribution < -0.4 is 11.3 Å². The fourth-order valence-corrected chi connectivity index (χ4v) is 3.93. The number of nitrogens with two attached hydrogens (primary N) is 1. The third kappa shape index (κ3) is 4.10. The second-order valence-electron chi connectivity index (χ2n) is 8.17. The molecule has 0 aliphatic carbocycles. The average Bonchev–Trinajstić information content (AvgIpc) is 3.19. The van der Waals surface area contributed by atoms with E-state index in [1.165, 1.54) is 0 Å². The van der Waals surface area contributed by atoms with Crippen molar-refractivity contribution in [2.45, 2.75) is 6.42 Å². The Balaban J connectivity index is 1.47. The summed E-state index contributed by atoms with van der Waals surface area (Å²) in [4.78, 5) is 41.2. The van der Waals surface area contributed by atoms with Crippen molar-refractivity contribution < 1.29 is 13.6 Å². The molecule has 0 saturated heterocycles. The molecule has 0 unspecified atom stereocenters. The quantitative estimate of drug-likeness (QED) is 0.359. The number of amides is 1. The van der Waals surface area contributed by atoms with Crippen LogP contribution in [0.15, 0.2) is 59.5 Å². The van der Waals surface area contributed by atoms with Crippen LogP contribution in [0.3, 0.4) is 0 Å². The molecule has 0 bridgehead atoms. The standard InChI is InChI=1S/C25H20F2N6O2/c1-33(9-7-14-4-2-3-8-29-14)25(35)13-5-6-18-15(10-13)21(28)22(30-18)23-24(34)32-20-12-17(27)16(26)11-19(20)31-23/h2-6,8,10-12,30H,7,9,28H2,1H3,(H,32,34). The van der Waals surface area contributed by atoms with Crippen LogP contribution in [-0.2, 0) is 6.42 Å². The Labute approximate surface area is 197 Å². The van der Waals surface area contributed by atoms with E-state index in [-0.39, 0.29) is 34.0 Å². The minimum absolute atomic E-state index is 0.0638. The largest absolute Gasteiger partial charge is 0.396 e. The summed E-state index contributed by atoms with van der Waals surface area (Å²) in [7, 11) is 1.71. The highest BCUT2D eigenvalue weighted by atomic mass is 19.2. The van der Waals surface area contributed by atoms with Crippen molar-refractivity contribution in [1.82, 2.24) is 24.8 Å². The second-order valence-corrected chi connectivity index (χ2v) is 8.17. The number of aromatic amines is 2. The summed E-state index contributed by atoms with van der Waals surface area (Å²) in [6, 6.07) is 12.4. The number of nitrogens with zero attached hydrogens (tertiary/aromatic N) is 3. The SMILES string of the molecule is CN(CCc1ccccn1)C(=O)c1ccc2[nH]c(-c3nc4cc(F)c(F)cc4[nH]c3=O)c(N)c2c1. The number of aromatic nitrogens is 4. The highest BCUT2D eigenvalue weighted by Gasteiger charge is 2.19. The summed E-state index contributed by atoms with van der Waals surface area (Å²) in [6.07, 6.45) is 2.32. The number of H-pyrrole nitrogens is 2. The van der Waals surface area contributed by atoms with Crippen LogP contribution in [0.5, 0.6) is 0 Å². The highest BCUT2D eigenvalue weighted by Crippen LogP contribution is 2.31. The first kappa shape index (κ1) is 22.2. The van der Waals surface area contributed by atoms with Gasteiger partial charge in [-0.05, 0) is 30.3 Å². The molecule has 0 spiro atoms. The van der Waals surface area contributed by atoms with E-state index < -0.39 is 17.2 Å². The summed E-state index contributed by atoms with van der Waals surface area (Å²) in [5, 5.41) is 0.538. The lowest BCUT2D eigenvalue weighted by Gasteiger charge is -2.17. The molecule has 2 aromatic carbocycles. The molecule has 8 nitrogen and oxygen atoms in total. The molecule has 5 aromatic rings. The van der Waals surface area contributed by atoms with E-state index in [0.29, 0.717) is 29.4 Å². The maximum Gasteiger partial charge on any atom is 0.276 e. The van der Waals surface area contributed by atoms with E-state index in [9.17, 15) is 18.4 Å². The lowest BCUT2D eigenvalue weighted by Crippen LogP contribution is -2.29. The first-order valence-corrected chi connectivity index (χ1v) is 10.8. The minimum atomic E-state index is -1.09. The number of likely N-dealkylation sites (N-methyl/N-ethyl adjacent to an activating group) is 1. The maximum atomic E-state index is 13.7. The number of carbonyl (C=O) groups excluding carboxylic acids is 1. The number of benzene rings is 2. The van der Waals surface area contributed by atoms with Gasteiger partial charge in [-0.2, -0.15) is 0 Å². The number of carbonyl (C=O) groups is 1. The Hall–Kier alpha value is -4.60. The fourth-order valence-electron chi connectivity index (χ4n) is 3.93. The zero-order valence-electron chi connectivity index (χ0n) is 18.6. The Morgan fingerprint density at radius 1 is 1.06 bits per heavy atom. The van der Waals surface area contributed by atoms with Crippen LogP contribution >= 0.6 is 0 Å². The number of nitrogen functional groups attached to an aromatic ring is 1. The molecule has 3 aromatic heterocycles. The second kappa shape index (κ2) is 8.64. The van der Waals surface area contributed by atoms with E-state index in [2.05, 4.69) is 19.9 Å². The molecular weight excluding hydrogens is 454 g/mol. The molecule has 3 heterocycles. The molecule has 4 N–H and O–H groups in total. The van der Waals surface area contributed by atoms with Gasteiger partial charge in [0, 0.05) is 60.5 Å². The van der Waals surface area contributed by atoms with E-state index in [4.69, 9.17) is 5.73 Å². The average molecular weight is 474 g/mol. The molecule has 176 valence electrons. The van der Waals surface area contributed by atoms with Gasteiger partial charge >= 0.3 is 0 Å². The van der Waals surface area contributed by atoms with Crippen LogP contribution in [0.4, 0.5) is 14.5 Å². The molecule has 0 fully saturated rings. The van der Waals surface area contributed by atoms with Crippen LogP contribution in [-0.4, -0.2) is 44.3 Å². The van der Waals surface area contributed by atoms with Crippen LogP contribution in [0, 0.1) is 11.6 Å². The molecule has 10 heteroatoms. The molecule has 5 rings (SSSR count). The molecule has 0 aliphatic heterocycles.